The first kappa shape index (κ1) is 17.1. The molecule has 2 aromatic rings. The summed E-state index contributed by atoms with van der Waals surface area (Å²) in [6.07, 6.45) is 3.47. The molecule has 1 aliphatic carbocycles. The van der Waals surface area contributed by atoms with Crippen LogP contribution in [0.15, 0.2) is 24.3 Å². The highest BCUT2D eigenvalue weighted by Crippen LogP contribution is 2.27. The van der Waals surface area contributed by atoms with Crippen LogP contribution in [0.5, 0.6) is 0 Å². The molecule has 1 heterocycles. The zero-order chi connectivity index (χ0) is 18.0. The van der Waals surface area contributed by atoms with Crippen molar-refractivity contribution >= 4 is 11.9 Å². The van der Waals surface area contributed by atoms with Crippen molar-refractivity contribution in [1.82, 2.24) is 9.78 Å². The number of aromatic nitrogens is 2. The molecule has 132 valence electrons. The van der Waals surface area contributed by atoms with Crippen molar-refractivity contribution in [3.8, 4) is 5.69 Å². The Hall–Kier alpha value is -2.70. The van der Waals surface area contributed by atoms with Crippen molar-refractivity contribution in [3.05, 3.63) is 47.0 Å². The van der Waals surface area contributed by atoms with Gasteiger partial charge in [-0.15, -0.1) is 0 Å². The molecular weight excluding hydrogens is 325 g/mol. The zero-order valence-electron chi connectivity index (χ0n) is 14.0. The third kappa shape index (κ3) is 3.55. The van der Waals surface area contributed by atoms with E-state index in [1.807, 2.05) is 0 Å². The van der Waals surface area contributed by atoms with Gasteiger partial charge in [0.2, 0.25) is 0 Å². The molecule has 1 atom stereocenters. The third-order valence-electron chi connectivity index (χ3n) is 4.38. The number of halogens is 1. The predicted molar refractivity (Wildman–Crippen MR) is 88.9 cm³/mol. The summed E-state index contributed by atoms with van der Waals surface area (Å²) in [6, 6.07) is 5.95. The van der Waals surface area contributed by atoms with Crippen LogP contribution in [0.3, 0.4) is 0 Å². The van der Waals surface area contributed by atoms with E-state index in [0.29, 0.717) is 12.1 Å². The number of hydrogen-bond donors (Lipinski definition) is 1. The minimum Gasteiger partial charge on any atom is -0.448 e. The Morgan fingerprint density at radius 2 is 1.88 bits per heavy atom. The van der Waals surface area contributed by atoms with Crippen molar-refractivity contribution in [3.63, 3.8) is 0 Å². The number of nitrogens with two attached hydrogens (primary N) is 1. The summed E-state index contributed by atoms with van der Waals surface area (Å²) in [7, 11) is 0. The lowest BCUT2D eigenvalue weighted by atomic mass is 10.1. The highest BCUT2D eigenvalue weighted by Gasteiger charge is 2.27. The molecule has 6 nitrogen and oxygen atoms in total. The SMILES string of the molecule is CC(OC(=O)c1nn(-c2ccc(F)cc2)c2c1CCCCC2)C(N)=O. The number of carbonyl (C=O) groups is 2. The molecule has 0 spiro atoms. The average Bonchev–Trinajstić information content (AvgIpc) is 2.77. The Kier molecular flexibility index (Phi) is 4.83. The second kappa shape index (κ2) is 7.04. The Labute approximate surface area is 144 Å². The molecule has 2 N–H and O–H groups in total. The van der Waals surface area contributed by atoms with Crippen LogP contribution >= 0.6 is 0 Å². The number of benzene rings is 1. The summed E-state index contributed by atoms with van der Waals surface area (Å²) in [5, 5.41) is 4.41. The molecule has 0 fully saturated rings. The number of hydrogen-bond acceptors (Lipinski definition) is 4. The van der Waals surface area contributed by atoms with Gasteiger partial charge in [0.25, 0.3) is 5.91 Å². The lowest BCUT2D eigenvalue weighted by Crippen LogP contribution is -2.30. The standard InChI is InChI=1S/C18H20FN3O3/c1-11(17(20)23)25-18(24)16-14-5-3-2-4-6-15(14)22(21-16)13-9-7-12(19)8-10-13/h7-11H,2-6H2,1H3,(H2,20,23). The molecule has 1 aliphatic rings. The zero-order valence-corrected chi connectivity index (χ0v) is 14.0. The van der Waals surface area contributed by atoms with E-state index in [-0.39, 0.29) is 11.5 Å². The second-order valence-electron chi connectivity index (χ2n) is 6.17. The number of nitrogens with zero attached hydrogens (tertiary/aromatic N) is 2. The van der Waals surface area contributed by atoms with Crippen molar-refractivity contribution < 1.29 is 18.7 Å². The number of primary amides is 1. The number of carbonyl (C=O) groups excluding carboxylic acids is 2. The van der Waals surface area contributed by atoms with Crippen LogP contribution in [0.2, 0.25) is 0 Å². The minimum absolute atomic E-state index is 0.203. The molecular formula is C18H20FN3O3. The maximum Gasteiger partial charge on any atom is 0.359 e. The highest BCUT2D eigenvalue weighted by molar-refractivity contribution is 5.92. The molecule has 1 unspecified atom stereocenters. The smallest absolute Gasteiger partial charge is 0.359 e. The van der Waals surface area contributed by atoms with Crippen LogP contribution in [0.4, 0.5) is 4.39 Å². The number of rotatable bonds is 4. The Bertz CT molecular complexity index is 799. The van der Waals surface area contributed by atoms with E-state index >= 15 is 0 Å². The summed E-state index contributed by atoms with van der Waals surface area (Å²) >= 11 is 0. The summed E-state index contributed by atoms with van der Waals surface area (Å²) in [5.41, 5.74) is 7.81. The van der Waals surface area contributed by atoms with Crippen molar-refractivity contribution in [2.45, 2.75) is 45.1 Å². The molecule has 1 amide bonds. The van der Waals surface area contributed by atoms with Gasteiger partial charge < -0.3 is 10.5 Å². The topological polar surface area (TPSA) is 87.2 Å². The fourth-order valence-corrected chi connectivity index (χ4v) is 3.01. The van der Waals surface area contributed by atoms with Gasteiger partial charge in [-0.05, 0) is 56.9 Å². The lowest BCUT2D eigenvalue weighted by Gasteiger charge is -2.08. The van der Waals surface area contributed by atoms with Crippen LogP contribution in [0, 0.1) is 5.82 Å². The quantitative estimate of drug-likeness (QED) is 0.680. The van der Waals surface area contributed by atoms with Gasteiger partial charge >= 0.3 is 5.97 Å². The predicted octanol–water partition coefficient (Wildman–Crippen LogP) is 2.31. The Balaban J connectivity index is 2.02. The van der Waals surface area contributed by atoms with Crippen LogP contribution in [-0.4, -0.2) is 27.8 Å². The molecule has 3 rings (SSSR count). The third-order valence-corrected chi connectivity index (χ3v) is 4.38. The largest absolute Gasteiger partial charge is 0.448 e. The van der Waals surface area contributed by atoms with E-state index in [2.05, 4.69) is 5.10 Å². The molecule has 0 radical (unpaired) electrons. The normalized spacial score (nSPS) is 15.1. The molecule has 1 aromatic heterocycles. The molecule has 0 saturated heterocycles. The van der Waals surface area contributed by atoms with E-state index in [0.717, 1.165) is 36.9 Å². The first-order chi connectivity index (χ1) is 12.0. The number of fused-ring (bicyclic) bond motifs is 1. The van der Waals surface area contributed by atoms with Crippen molar-refractivity contribution in [2.24, 2.45) is 5.73 Å². The Morgan fingerprint density at radius 1 is 1.20 bits per heavy atom. The Morgan fingerprint density at radius 3 is 2.56 bits per heavy atom. The minimum atomic E-state index is -1.02. The van der Waals surface area contributed by atoms with Gasteiger partial charge in [0.1, 0.15) is 5.82 Å². The fraction of sp³-hybridized carbons (Fsp3) is 0.389. The molecule has 0 aliphatic heterocycles. The van der Waals surface area contributed by atoms with Gasteiger partial charge in [0, 0.05) is 11.3 Å². The molecule has 1 aromatic carbocycles. The second-order valence-corrected chi connectivity index (χ2v) is 6.17. The highest BCUT2D eigenvalue weighted by atomic mass is 19.1. The van der Waals surface area contributed by atoms with Crippen molar-refractivity contribution in [1.29, 1.82) is 0 Å². The van der Waals surface area contributed by atoms with Gasteiger partial charge in [-0.25, -0.2) is 13.9 Å². The molecule has 25 heavy (non-hydrogen) atoms. The first-order valence-corrected chi connectivity index (χ1v) is 8.34. The van der Waals surface area contributed by atoms with E-state index in [1.165, 1.54) is 19.1 Å². The van der Waals surface area contributed by atoms with Crippen LogP contribution < -0.4 is 5.73 Å². The first-order valence-electron chi connectivity index (χ1n) is 8.34. The van der Waals surface area contributed by atoms with E-state index in [9.17, 15) is 14.0 Å². The van der Waals surface area contributed by atoms with Gasteiger partial charge in [-0.2, -0.15) is 5.10 Å². The molecule has 0 bridgehead atoms. The van der Waals surface area contributed by atoms with Crippen molar-refractivity contribution in [2.75, 3.05) is 0 Å². The van der Waals surface area contributed by atoms with E-state index < -0.39 is 18.0 Å². The molecule has 7 heteroatoms. The number of esters is 1. The van der Waals surface area contributed by atoms with E-state index in [4.69, 9.17) is 10.5 Å². The average molecular weight is 345 g/mol. The van der Waals surface area contributed by atoms with Crippen LogP contribution in [0.25, 0.3) is 5.69 Å². The fourth-order valence-electron chi connectivity index (χ4n) is 3.01. The van der Waals surface area contributed by atoms with Gasteiger partial charge in [0.15, 0.2) is 11.8 Å². The van der Waals surface area contributed by atoms with Crippen LogP contribution in [-0.2, 0) is 22.4 Å². The number of amides is 1. The number of ether oxygens (including phenoxy) is 1. The summed E-state index contributed by atoms with van der Waals surface area (Å²) < 4.78 is 20.0. The van der Waals surface area contributed by atoms with E-state index in [1.54, 1.807) is 16.8 Å². The lowest BCUT2D eigenvalue weighted by molar-refractivity contribution is -0.125. The summed E-state index contributed by atoms with van der Waals surface area (Å²) in [4.78, 5) is 23.6. The molecule has 0 saturated carbocycles. The summed E-state index contributed by atoms with van der Waals surface area (Å²) in [5.74, 6) is -1.71. The van der Waals surface area contributed by atoms with Crippen LogP contribution in [0.1, 0.15) is 47.9 Å². The monoisotopic (exact) mass is 345 g/mol. The van der Waals surface area contributed by atoms with Gasteiger partial charge in [0.05, 0.1) is 5.69 Å². The van der Waals surface area contributed by atoms with Gasteiger partial charge in [-0.3, -0.25) is 4.79 Å². The maximum absolute atomic E-state index is 13.2. The maximum atomic E-state index is 13.2. The summed E-state index contributed by atoms with van der Waals surface area (Å²) in [6.45, 7) is 1.43. The van der Waals surface area contributed by atoms with Gasteiger partial charge in [-0.1, -0.05) is 6.42 Å².